The smallest absolute Gasteiger partial charge is 0.0914 e. The molecule has 0 heterocycles. The number of rotatable bonds is 3. The largest absolute Gasteiger partial charge is 0.399 e. The molecule has 84 valence electrons. The summed E-state index contributed by atoms with van der Waals surface area (Å²) in [5, 5.41) is 13.1. The summed E-state index contributed by atoms with van der Waals surface area (Å²) in [4.78, 5) is 0. The number of nitrogen functional groups attached to an aromatic ring is 1. The van der Waals surface area contributed by atoms with Crippen LogP contribution in [0.4, 0.5) is 5.69 Å². The van der Waals surface area contributed by atoms with Gasteiger partial charge in [-0.15, -0.1) is 0 Å². The van der Waals surface area contributed by atoms with E-state index in [1.807, 2.05) is 12.1 Å². The highest BCUT2D eigenvalue weighted by atomic mass is 16.3. The van der Waals surface area contributed by atoms with Crippen molar-refractivity contribution in [2.75, 3.05) is 12.3 Å². The van der Waals surface area contributed by atoms with Crippen LogP contribution in [0.15, 0.2) is 24.3 Å². The van der Waals surface area contributed by atoms with Crippen molar-refractivity contribution in [3.05, 3.63) is 29.8 Å². The van der Waals surface area contributed by atoms with Crippen LogP contribution in [0.5, 0.6) is 0 Å². The lowest BCUT2D eigenvalue weighted by Gasteiger charge is -2.23. The summed E-state index contributed by atoms with van der Waals surface area (Å²) in [6, 6.07) is 7.31. The maximum Gasteiger partial charge on any atom is 0.0914 e. The van der Waals surface area contributed by atoms with Crippen LogP contribution in [0, 0.1) is 0 Å². The molecule has 3 nitrogen and oxygen atoms in total. The molecule has 1 aromatic rings. The molecule has 15 heavy (non-hydrogen) atoms. The molecule has 0 saturated carbocycles. The molecule has 1 unspecified atom stereocenters. The van der Waals surface area contributed by atoms with Crippen LogP contribution in [-0.2, 0) is 0 Å². The van der Waals surface area contributed by atoms with E-state index in [0.717, 1.165) is 11.3 Å². The van der Waals surface area contributed by atoms with Gasteiger partial charge in [0.05, 0.1) is 6.10 Å². The number of hydrogen-bond acceptors (Lipinski definition) is 3. The molecule has 3 heteroatoms. The lowest BCUT2D eigenvalue weighted by Crippen LogP contribution is -2.38. The van der Waals surface area contributed by atoms with Crippen molar-refractivity contribution >= 4 is 5.69 Å². The number of nitrogens with two attached hydrogens (primary N) is 1. The molecular weight excluding hydrogens is 188 g/mol. The van der Waals surface area contributed by atoms with E-state index < -0.39 is 6.10 Å². The van der Waals surface area contributed by atoms with E-state index >= 15 is 0 Å². The van der Waals surface area contributed by atoms with Crippen molar-refractivity contribution in [3.63, 3.8) is 0 Å². The predicted molar refractivity (Wildman–Crippen MR) is 63.6 cm³/mol. The normalized spacial score (nSPS) is 13.9. The summed E-state index contributed by atoms with van der Waals surface area (Å²) in [6.07, 6.45) is -0.482. The standard InChI is InChI=1S/C12H20N2O/c1-12(2,3)14-8-11(15)9-4-6-10(13)7-5-9/h4-7,11,14-15H,8,13H2,1-3H3. The average molecular weight is 208 g/mol. The van der Waals surface area contributed by atoms with Gasteiger partial charge in [0.2, 0.25) is 0 Å². The SMILES string of the molecule is CC(C)(C)NCC(O)c1ccc(N)cc1. The van der Waals surface area contributed by atoms with Gasteiger partial charge in [-0.2, -0.15) is 0 Å². The molecule has 0 spiro atoms. The van der Waals surface area contributed by atoms with E-state index in [0.29, 0.717) is 6.54 Å². The average Bonchev–Trinajstić information content (AvgIpc) is 2.14. The van der Waals surface area contributed by atoms with Crippen molar-refractivity contribution in [1.29, 1.82) is 0 Å². The van der Waals surface area contributed by atoms with Crippen LogP contribution in [0.1, 0.15) is 32.4 Å². The van der Waals surface area contributed by atoms with Gasteiger partial charge in [0.25, 0.3) is 0 Å². The van der Waals surface area contributed by atoms with Crippen LogP contribution in [0.2, 0.25) is 0 Å². The summed E-state index contributed by atoms with van der Waals surface area (Å²) in [7, 11) is 0. The van der Waals surface area contributed by atoms with Gasteiger partial charge in [0.1, 0.15) is 0 Å². The quantitative estimate of drug-likeness (QED) is 0.662. The summed E-state index contributed by atoms with van der Waals surface area (Å²) < 4.78 is 0. The van der Waals surface area contributed by atoms with Gasteiger partial charge in [-0.1, -0.05) is 12.1 Å². The molecule has 0 bridgehead atoms. The minimum Gasteiger partial charge on any atom is -0.399 e. The third kappa shape index (κ3) is 4.32. The van der Waals surface area contributed by atoms with Gasteiger partial charge in [-0.05, 0) is 38.5 Å². The summed E-state index contributed by atoms with van der Waals surface area (Å²) >= 11 is 0. The number of β-amino-alcohol motifs (C(OH)–C–C–N with tert-alkyl or cyclic N) is 1. The number of anilines is 1. The third-order valence-electron chi connectivity index (χ3n) is 2.15. The Hall–Kier alpha value is -1.06. The molecule has 1 rings (SSSR count). The van der Waals surface area contributed by atoms with E-state index in [1.165, 1.54) is 0 Å². The fraction of sp³-hybridized carbons (Fsp3) is 0.500. The molecule has 0 radical (unpaired) electrons. The lowest BCUT2D eigenvalue weighted by molar-refractivity contribution is 0.163. The number of aliphatic hydroxyl groups is 1. The zero-order valence-corrected chi connectivity index (χ0v) is 9.62. The summed E-state index contributed by atoms with van der Waals surface area (Å²) in [5.74, 6) is 0. The van der Waals surface area contributed by atoms with Crippen molar-refractivity contribution < 1.29 is 5.11 Å². The van der Waals surface area contributed by atoms with Crippen LogP contribution < -0.4 is 11.1 Å². The molecule has 0 aromatic heterocycles. The van der Waals surface area contributed by atoms with E-state index in [4.69, 9.17) is 5.73 Å². The second kappa shape index (κ2) is 4.64. The highest BCUT2D eigenvalue weighted by Gasteiger charge is 2.13. The molecule has 0 amide bonds. The van der Waals surface area contributed by atoms with Gasteiger partial charge in [-0.25, -0.2) is 0 Å². The molecule has 1 atom stereocenters. The molecule has 0 aliphatic rings. The minimum absolute atomic E-state index is 0.0226. The molecule has 4 N–H and O–H groups in total. The maximum atomic E-state index is 9.87. The van der Waals surface area contributed by atoms with Gasteiger partial charge in [0.15, 0.2) is 0 Å². The zero-order chi connectivity index (χ0) is 11.5. The fourth-order valence-electron chi connectivity index (χ4n) is 1.24. The van der Waals surface area contributed by atoms with Crippen LogP contribution in [0.3, 0.4) is 0 Å². The second-order valence-electron chi connectivity index (χ2n) is 4.81. The Balaban J connectivity index is 2.54. The first kappa shape index (κ1) is 12.0. The van der Waals surface area contributed by atoms with Crippen LogP contribution in [0.25, 0.3) is 0 Å². The number of hydrogen-bond donors (Lipinski definition) is 3. The maximum absolute atomic E-state index is 9.87. The number of benzene rings is 1. The second-order valence-corrected chi connectivity index (χ2v) is 4.81. The molecule has 0 aliphatic carbocycles. The van der Waals surface area contributed by atoms with E-state index in [2.05, 4.69) is 26.1 Å². The Kier molecular flexibility index (Phi) is 3.72. The van der Waals surface area contributed by atoms with Crippen molar-refractivity contribution in [2.45, 2.75) is 32.4 Å². The third-order valence-corrected chi connectivity index (χ3v) is 2.15. The van der Waals surface area contributed by atoms with Crippen LogP contribution >= 0.6 is 0 Å². The lowest BCUT2D eigenvalue weighted by atomic mass is 10.1. The summed E-state index contributed by atoms with van der Waals surface area (Å²) in [5.41, 5.74) is 7.20. The van der Waals surface area contributed by atoms with Gasteiger partial charge in [0, 0.05) is 17.8 Å². The molecule has 0 aliphatic heterocycles. The van der Waals surface area contributed by atoms with Gasteiger partial charge < -0.3 is 16.2 Å². The Morgan fingerprint density at radius 1 is 1.27 bits per heavy atom. The van der Waals surface area contributed by atoms with E-state index in [1.54, 1.807) is 12.1 Å². The van der Waals surface area contributed by atoms with Crippen molar-refractivity contribution in [3.8, 4) is 0 Å². The Bertz CT molecular complexity index is 300. The zero-order valence-electron chi connectivity index (χ0n) is 9.62. The summed E-state index contributed by atoms with van der Waals surface area (Å²) in [6.45, 7) is 6.77. The van der Waals surface area contributed by atoms with Crippen LogP contribution in [-0.4, -0.2) is 17.2 Å². The molecular formula is C12H20N2O. The number of aliphatic hydroxyl groups excluding tert-OH is 1. The molecule has 0 saturated heterocycles. The van der Waals surface area contributed by atoms with Crippen molar-refractivity contribution in [2.24, 2.45) is 0 Å². The molecule has 1 aromatic carbocycles. The fourth-order valence-corrected chi connectivity index (χ4v) is 1.24. The van der Waals surface area contributed by atoms with Crippen molar-refractivity contribution in [1.82, 2.24) is 5.32 Å². The Morgan fingerprint density at radius 2 is 1.80 bits per heavy atom. The first-order chi connectivity index (χ1) is 6.88. The first-order valence-electron chi connectivity index (χ1n) is 5.17. The van der Waals surface area contributed by atoms with Gasteiger partial charge in [-0.3, -0.25) is 0 Å². The first-order valence-corrected chi connectivity index (χ1v) is 5.17. The monoisotopic (exact) mass is 208 g/mol. The van der Waals surface area contributed by atoms with E-state index in [-0.39, 0.29) is 5.54 Å². The van der Waals surface area contributed by atoms with E-state index in [9.17, 15) is 5.11 Å². The molecule has 0 fully saturated rings. The number of nitrogens with one attached hydrogen (secondary N) is 1. The highest BCUT2D eigenvalue weighted by Crippen LogP contribution is 2.14. The van der Waals surface area contributed by atoms with Gasteiger partial charge >= 0.3 is 0 Å². The topological polar surface area (TPSA) is 58.3 Å². The Labute approximate surface area is 91.3 Å². The highest BCUT2D eigenvalue weighted by molar-refractivity contribution is 5.39. The predicted octanol–water partition coefficient (Wildman–Crippen LogP) is 1.69. The Morgan fingerprint density at radius 3 is 2.27 bits per heavy atom. The minimum atomic E-state index is -0.482.